The molecule has 1 aliphatic heterocycles. The Kier molecular flexibility index (Phi) is 7.08. The number of hydrogen-bond acceptors (Lipinski definition) is 5. The van der Waals surface area contributed by atoms with Crippen molar-refractivity contribution in [3.63, 3.8) is 0 Å². The average Bonchev–Trinajstić information content (AvgIpc) is 3.07. The Morgan fingerprint density at radius 3 is 2.12 bits per heavy atom. The topological polar surface area (TPSA) is 92.8 Å². The molecular weight excluding hydrogens is 444 g/mol. The molecule has 0 aromatic heterocycles. The summed E-state index contributed by atoms with van der Waals surface area (Å²) in [6, 6.07) is 16.0. The van der Waals surface area contributed by atoms with E-state index in [-0.39, 0.29) is 23.7 Å². The van der Waals surface area contributed by atoms with E-state index in [1.807, 2.05) is 42.5 Å². The van der Waals surface area contributed by atoms with Crippen molar-refractivity contribution >= 4 is 35.3 Å². The number of halogens is 1. The van der Waals surface area contributed by atoms with Crippen LogP contribution in [0.25, 0.3) is 0 Å². The van der Waals surface area contributed by atoms with Gasteiger partial charge in [0.2, 0.25) is 11.8 Å². The molecule has 0 radical (unpaired) electrons. The van der Waals surface area contributed by atoms with Crippen molar-refractivity contribution in [3.8, 4) is 0 Å². The lowest BCUT2D eigenvalue weighted by atomic mass is 9.81. The molecule has 2 aliphatic rings. The Hall–Kier alpha value is -3.19. The molecule has 1 saturated heterocycles. The lowest BCUT2D eigenvalue weighted by molar-refractivity contribution is -0.155. The molecule has 0 spiro atoms. The summed E-state index contributed by atoms with van der Waals surface area (Å²) >= 11 is 5.99. The third kappa shape index (κ3) is 5.25. The number of hydrogen-bond donors (Lipinski definition) is 1. The van der Waals surface area contributed by atoms with Crippen molar-refractivity contribution in [3.05, 3.63) is 70.7 Å². The average molecular weight is 469 g/mol. The van der Waals surface area contributed by atoms with E-state index in [2.05, 4.69) is 5.32 Å². The highest BCUT2D eigenvalue weighted by atomic mass is 35.5. The molecule has 2 aromatic rings. The molecular formula is C25H25ClN2O5. The van der Waals surface area contributed by atoms with Crippen LogP contribution in [0.2, 0.25) is 5.02 Å². The third-order valence-electron chi connectivity index (χ3n) is 6.23. The zero-order valence-corrected chi connectivity index (χ0v) is 18.8. The molecule has 1 saturated carbocycles. The maximum absolute atomic E-state index is 12.6. The molecule has 7 nitrogen and oxygen atoms in total. The normalized spacial score (nSPS) is 20.8. The monoisotopic (exact) mass is 468 g/mol. The highest BCUT2D eigenvalue weighted by molar-refractivity contribution is 6.30. The summed E-state index contributed by atoms with van der Waals surface area (Å²) in [5, 5.41) is 3.45. The number of carbonyl (C=O) groups excluding carboxylic acids is 4. The highest BCUT2D eigenvalue weighted by Gasteiger charge is 2.48. The predicted molar refractivity (Wildman–Crippen MR) is 121 cm³/mol. The van der Waals surface area contributed by atoms with Crippen molar-refractivity contribution in [2.45, 2.75) is 31.7 Å². The van der Waals surface area contributed by atoms with Crippen LogP contribution in [0.3, 0.4) is 0 Å². The number of likely N-dealkylation sites (tertiary alicyclic amines) is 1. The second-order valence-corrected chi connectivity index (χ2v) is 8.82. The van der Waals surface area contributed by atoms with Gasteiger partial charge in [0, 0.05) is 5.02 Å². The Bertz CT molecular complexity index is 1020. The van der Waals surface area contributed by atoms with E-state index in [4.69, 9.17) is 16.3 Å². The van der Waals surface area contributed by atoms with Gasteiger partial charge in [-0.05, 0) is 36.1 Å². The quantitative estimate of drug-likeness (QED) is 0.497. The van der Waals surface area contributed by atoms with Crippen molar-refractivity contribution in [2.75, 3.05) is 13.2 Å². The fourth-order valence-electron chi connectivity index (χ4n) is 4.57. The second-order valence-electron chi connectivity index (χ2n) is 8.38. The van der Waals surface area contributed by atoms with Crippen LogP contribution in [-0.2, 0) is 23.9 Å². The van der Waals surface area contributed by atoms with Gasteiger partial charge in [0.1, 0.15) is 6.54 Å². The first-order valence-corrected chi connectivity index (χ1v) is 11.4. The summed E-state index contributed by atoms with van der Waals surface area (Å²) in [5.74, 6) is -2.55. The van der Waals surface area contributed by atoms with Gasteiger partial charge in [-0.2, -0.15) is 0 Å². The second kappa shape index (κ2) is 10.2. The lowest BCUT2D eigenvalue weighted by Gasteiger charge is -2.20. The third-order valence-corrected chi connectivity index (χ3v) is 6.48. The highest BCUT2D eigenvalue weighted by Crippen LogP contribution is 2.37. The van der Waals surface area contributed by atoms with Gasteiger partial charge in [-0.25, -0.2) is 0 Å². The van der Waals surface area contributed by atoms with Gasteiger partial charge in [-0.1, -0.05) is 66.9 Å². The van der Waals surface area contributed by atoms with E-state index in [1.165, 1.54) is 0 Å². The summed E-state index contributed by atoms with van der Waals surface area (Å²) in [6.07, 6.45) is 3.17. The van der Waals surface area contributed by atoms with Crippen molar-refractivity contribution in [1.29, 1.82) is 0 Å². The fourth-order valence-corrected chi connectivity index (χ4v) is 4.70. The van der Waals surface area contributed by atoms with Crippen LogP contribution in [0.5, 0.6) is 0 Å². The minimum absolute atomic E-state index is 0.307. The molecule has 172 valence electrons. The number of carbonyl (C=O) groups is 4. The van der Waals surface area contributed by atoms with Gasteiger partial charge >= 0.3 is 5.97 Å². The largest absolute Gasteiger partial charge is 0.454 e. The Labute approximate surface area is 197 Å². The van der Waals surface area contributed by atoms with Crippen LogP contribution in [0.4, 0.5) is 0 Å². The van der Waals surface area contributed by atoms with Crippen LogP contribution in [0.1, 0.15) is 42.9 Å². The summed E-state index contributed by atoms with van der Waals surface area (Å²) in [7, 11) is 0. The van der Waals surface area contributed by atoms with Crippen LogP contribution in [-0.4, -0.2) is 41.7 Å². The molecule has 2 aromatic carbocycles. The van der Waals surface area contributed by atoms with Gasteiger partial charge in [0.05, 0.1) is 17.9 Å². The molecule has 3 amide bonds. The van der Waals surface area contributed by atoms with E-state index >= 15 is 0 Å². The number of benzene rings is 2. The van der Waals surface area contributed by atoms with Crippen molar-refractivity contribution < 1.29 is 23.9 Å². The Morgan fingerprint density at radius 1 is 0.939 bits per heavy atom. The molecule has 3 unspecified atom stereocenters. The van der Waals surface area contributed by atoms with Crippen molar-refractivity contribution in [1.82, 2.24) is 10.2 Å². The van der Waals surface area contributed by atoms with Gasteiger partial charge in [0.25, 0.3) is 5.91 Å². The van der Waals surface area contributed by atoms with Gasteiger partial charge in [0.15, 0.2) is 6.61 Å². The molecule has 0 bridgehead atoms. The standard InChI is InChI=1S/C25H25ClN2O5/c26-18-12-10-17(11-13-18)23(16-6-2-1-3-7-16)27-21(29)15-33-22(30)14-28-24(31)19-8-4-5-9-20(19)25(28)32/h1-3,6-7,10-13,19-20,23H,4-5,8-9,14-15H2,(H,27,29). The number of ether oxygens (including phenoxy) is 1. The van der Waals surface area contributed by atoms with Crippen LogP contribution in [0, 0.1) is 11.8 Å². The fraction of sp³-hybridized carbons (Fsp3) is 0.360. The molecule has 8 heteroatoms. The van der Waals surface area contributed by atoms with E-state index < -0.39 is 31.1 Å². The van der Waals surface area contributed by atoms with E-state index in [9.17, 15) is 19.2 Å². The number of amides is 3. The Balaban J connectivity index is 1.35. The maximum atomic E-state index is 12.6. The van der Waals surface area contributed by atoms with Gasteiger partial charge in [-0.15, -0.1) is 0 Å². The summed E-state index contributed by atoms with van der Waals surface area (Å²) in [5.41, 5.74) is 1.68. The SMILES string of the molecule is O=C(COC(=O)CN1C(=O)C2CCCCC2C1=O)NC(c1ccccc1)c1ccc(Cl)cc1. The molecule has 2 fully saturated rings. The number of imide groups is 1. The molecule has 33 heavy (non-hydrogen) atoms. The minimum atomic E-state index is -0.784. The summed E-state index contributed by atoms with van der Waals surface area (Å²) in [6.45, 7) is -0.976. The first kappa shape index (κ1) is 23.0. The van der Waals surface area contributed by atoms with Gasteiger partial charge in [-0.3, -0.25) is 24.1 Å². The molecule has 1 heterocycles. The molecule has 3 atom stereocenters. The minimum Gasteiger partial charge on any atom is -0.454 e. The van der Waals surface area contributed by atoms with Crippen LogP contribution in [0.15, 0.2) is 54.6 Å². The maximum Gasteiger partial charge on any atom is 0.326 e. The zero-order chi connectivity index (χ0) is 23.4. The molecule has 4 rings (SSSR count). The number of rotatable bonds is 7. The lowest BCUT2D eigenvalue weighted by Crippen LogP contribution is -2.38. The molecule has 1 aliphatic carbocycles. The van der Waals surface area contributed by atoms with E-state index in [0.29, 0.717) is 17.9 Å². The number of fused-ring (bicyclic) bond motifs is 1. The predicted octanol–water partition coefficient (Wildman–Crippen LogP) is 3.26. The first-order valence-electron chi connectivity index (χ1n) is 11.0. The van der Waals surface area contributed by atoms with Crippen molar-refractivity contribution in [2.24, 2.45) is 11.8 Å². The van der Waals surface area contributed by atoms with E-state index in [0.717, 1.165) is 28.9 Å². The smallest absolute Gasteiger partial charge is 0.326 e. The Morgan fingerprint density at radius 2 is 1.52 bits per heavy atom. The zero-order valence-electron chi connectivity index (χ0n) is 18.0. The summed E-state index contributed by atoms with van der Waals surface area (Å²) < 4.78 is 5.09. The number of nitrogens with one attached hydrogen (secondary N) is 1. The molecule has 1 N–H and O–H groups in total. The van der Waals surface area contributed by atoms with E-state index in [1.54, 1.807) is 12.1 Å². The summed E-state index contributed by atoms with van der Waals surface area (Å²) in [4.78, 5) is 50.9. The number of nitrogens with zero attached hydrogens (tertiary/aromatic N) is 1. The number of esters is 1. The first-order chi connectivity index (χ1) is 15.9. The van der Waals surface area contributed by atoms with Crippen LogP contribution >= 0.6 is 11.6 Å². The van der Waals surface area contributed by atoms with Gasteiger partial charge < -0.3 is 10.1 Å². The van der Waals surface area contributed by atoms with Crippen LogP contribution < -0.4 is 5.32 Å².